The van der Waals surface area contributed by atoms with Crippen molar-refractivity contribution in [1.29, 1.82) is 0 Å². The van der Waals surface area contributed by atoms with Gasteiger partial charge in [-0.05, 0) is 18.6 Å². The minimum Gasteiger partial charge on any atom is -0.511 e. The molecule has 1 atom stereocenters. The predicted octanol–water partition coefficient (Wildman–Crippen LogP) is 3.15. The minimum absolute atomic E-state index is 0.0643. The monoisotopic (exact) mass is 345 g/mol. The van der Waals surface area contributed by atoms with Crippen molar-refractivity contribution in [3.8, 4) is 0 Å². The number of aliphatic hydroxyl groups is 1. The molecule has 1 unspecified atom stereocenters. The van der Waals surface area contributed by atoms with Gasteiger partial charge < -0.3 is 20.6 Å². The molecule has 2 amide bonds. The van der Waals surface area contributed by atoms with Crippen molar-refractivity contribution in [2.45, 2.75) is 38.6 Å². The third-order valence-corrected chi connectivity index (χ3v) is 3.78. The topological polar surface area (TPSA) is 100 Å². The highest BCUT2D eigenvalue weighted by molar-refractivity contribution is 6.23. The number of para-hydroxylation sites is 1. The normalized spacial score (nSPS) is 18.1. The van der Waals surface area contributed by atoms with Crippen molar-refractivity contribution < 1.29 is 19.5 Å². The van der Waals surface area contributed by atoms with E-state index in [0.29, 0.717) is 17.8 Å². The van der Waals surface area contributed by atoms with Crippen molar-refractivity contribution in [3.63, 3.8) is 0 Å². The van der Waals surface area contributed by atoms with E-state index in [0.717, 1.165) is 6.42 Å². The maximum atomic E-state index is 12.4. The first kappa shape index (κ1) is 18.5. The summed E-state index contributed by atoms with van der Waals surface area (Å²) in [6, 6.07) is 8.11. The van der Waals surface area contributed by atoms with E-state index >= 15 is 0 Å². The molecular formula is C18H23N3O4. The van der Waals surface area contributed by atoms with Crippen LogP contribution >= 0.6 is 0 Å². The van der Waals surface area contributed by atoms with Crippen LogP contribution in [-0.2, 0) is 9.63 Å². The lowest BCUT2D eigenvalue weighted by Crippen LogP contribution is -2.42. The first-order valence-electron chi connectivity index (χ1n) is 8.23. The van der Waals surface area contributed by atoms with E-state index in [-0.39, 0.29) is 30.0 Å². The summed E-state index contributed by atoms with van der Waals surface area (Å²) >= 11 is 0. The average Bonchev–Trinajstić information content (AvgIpc) is 2.55. The van der Waals surface area contributed by atoms with Gasteiger partial charge in [-0.15, -0.1) is 0 Å². The van der Waals surface area contributed by atoms with Crippen LogP contribution in [-0.4, -0.2) is 35.8 Å². The second-order valence-corrected chi connectivity index (χ2v) is 5.79. The number of nitrogens with one attached hydrogen (secondary N) is 2. The summed E-state index contributed by atoms with van der Waals surface area (Å²) in [6.07, 6.45) is 1.59. The molecule has 1 aliphatic carbocycles. The molecule has 0 saturated heterocycles. The van der Waals surface area contributed by atoms with Gasteiger partial charge in [-0.25, -0.2) is 4.79 Å². The number of aliphatic hydroxyl groups excluding tert-OH is 1. The molecule has 0 fully saturated rings. The molecule has 134 valence electrons. The van der Waals surface area contributed by atoms with E-state index in [1.807, 2.05) is 25.1 Å². The van der Waals surface area contributed by atoms with E-state index in [1.54, 1.807) is 12.1 Å². The molecule has 7 heteroatoms. The van der Waals surface area contributed by atoms with Crippen LogP contribution in [0.5, 0.6) is 0 Å². The number of rotatable bonds is 6. The lowest BCUT2D eigenvalue weighted by atomic mass is 9.88. The van der Waals surface area contributed by atoms with Crippen molar-refractivity contribution in [2.24, 2.45) is 5.16 Å². The number of carbonyl (C=O) groups excluding carboxylic acids is 2. The van der Waals surface area contributed by atoms with E-state index in [4.69, 9.17) is 4.84 Å². The summed E-state index contributed by atoms with van der Waals surface area (Å²) in [4.78, 5) is 29.2. The third kappa shape index (κ3) is 5.07. The summed E-state index contributed by atoms with van der Waals surface area (Å²) in [6.45, 7) is 1.95. The Labute approximate surface area is 146 Å². The first-order chi connectivity index (χ1) is 12.0. The van der Waals surface area contributed by atoms with E-state index < -0.39 is 12.1 Å². The Morgan fingerprint density at radius 1 is 1.32 bits per heavy atom. The number of hydrogen-bond acceptors (Lipinski definition) is 5. The molecule has 0 aliphatic heterocycles. The van der Waals surface area contributed by atoms with Crippen LogP contribution in [0.4, 0.5) is 10.5 Å². The Morgan fingerprint density at radius 2 is 2.04 bits per heavy atom. The van der Waals surface area contributed by atoms with Gasteiger partial charge in [-0.3, -0.25) is 4.79 Å². The quantitative estimate of drug-likeness (QED) is 0.544. The van der Waals surface area contributed by atoms with Gasteiger partial charge in [0.15, 0.2) is 5.78 Å². The Morgan fingerprint density at radius 3 is 2.64 bits per heavy atom. The molecule has 25 heavy (non-hydrogen) atoms. The fourth-order valence-electron chi connectivity index (χ4n) is 2.76. The van der Waals surface area contributed by atoms with Crippen LogP contribution in [0.3, 0.4) is 0 Å². The number of Topliss-reactive ketones (excluding diaryl/α,β-unsaturated/α-hetero) is 1. The summed E-state index contributed by atoms with van der Waals surface area (Å²) in [5, 5.41) is 19.6. The summed E-state index contributed by atoms with van der Waals surface area (Å²) in [7, 11) is 1.40. The molecular weight excluding hydrogens is 322 g/mol. The molecule has 0 heterocycles. The third-order valence-electron chi connectivity index (χ3n) is 3.78. The number of allylic oxidation sites excluding steroid dienone is 1. The van der Waals surface area contributed by atoms with E-state index in [9.17, 15) is 14.7 Å². The van der Waals surface area contributed by atoms with Crippen LogP contribution in [0.1, 0.15) is 32.6 Å². The number of anilines is 1. The maximum Gasteiger partial charge on any atom is 0.319 e. The Kier molecular flexibility index (Phi) is 6.56. The standard InChI is InChI=1S/C18H23N3O4/c1-3-7-14(21-25-2)17-15(22)10-13(11-16(17)23)20-18(24)19-12-8-5-4-6-9-12/h4-6,8-9,13,22H,3,7,10-11H2,1-2H3,(H2,19,20,24). The fourth-order valence-corrected chi connectivity index (χ4v) is 2.76. The molecule has 2 rings (SSSR count). The molecule has 1 aromatic rings. The molecule has 1 aromatic carbocycles. The summed E-state index contributed by atoms with van der Waals surface area (Å²) < 4.78 is 0. The number of ketones is 1. The van der Waals surface area contributed by atoms with Gasteiger partial charge >= 0.3 is 6.03 Å². The molecule has 1 aliphatic rings. The van der Waals surface area contributed by atoms with Gasteiger partial charge in [0.2, 0.25) is 0 Å². The van der Waals surface area contributed by atoms with Crippen LogP contribution in [0.25, 0.3) is 0 Å². The lowest BCUT2D eigenvalue weighted by molar-refractivity contribution is -0.116. The number of amides is 2. The predicted molar refractivity (Wildman–Crippen MR) is 95.6 cm³/mol. The van der Waals surface area contributed by atoms with Gasteiger partial charge in [0.05, 0.1) is 11.3 Å². The van der Waals surface area contributed by atoms with Gasteiger partial charge in [-0.2, -0.15) is 0 Å². The van der Waals surface area contributed by atoms with E-state index in [1.165, 1.54) is 7.11 Å². The minimum atomic E-state index is -0.467. The average molecular weight is 345 g/mol. The Bertz CT molecular complexity index is 683. The van der Waals surface area contributed by atoms with Gasteiger partial charge in [0, 0.05) is 24.6 Å². The second-order valence-electron chi connectivity index (χ2n) is 5.79. The fraction of sp³-hybridized carbons (Fsp3) is 0.389. The number of oxime groups is 1. The van der Waals surface area contributed by atoms with Crippen LogP contribution < -0.4 is 10.6 Å². The first-order valence-corrected chi connectivity index (χ1v) is 8.23. The van der Waals surface area contributed by atoms with Crippen molar-refractivity contribution >= 4 is 23.2 Å². The van der Waals surface area contributed by atoms with Crippen molar-refractivity contribution in [1.82, 2.24) is 5.32 Å². The lowest BCUT2D eigenvalue weighted by Gasteiger charge is -2.24. The van der Waals surface area contributed by atoms with Gasteiger partial charge in [0.25, 0.3) is 0 Å². The maximum absolute atomic E-state index is 12.4. The molecule has 0 spiro atoms. The highest BCUT2D eigenvalue weighted by atomic mass is 16.6. The molecule has 0 saturated carbocycles. The molecule has 3 N–H and O–H groups in total. The Balaban J connectivity index is 2.04. The zero-order valence-corrected chi connectivity index (χ0v) is 14.4. The highest BCUT2D eigenvalue weighted by Crippen LogP contribution is 2.24. The van der Waals surface area contributed by atoms with Crippen LogP contribution in [0.15, 0.2) is 46.8 Å². The number of nitrogens with zero attached hydrogens (tertiary/aromatic N) is 1. The number of hydrogen-bond donors (Lipinski definition) is 3. The zero-order chi connectivity index (χ0) is 18.2. The van der Waals surface area contributed by atoms with Crippen molar-refractivity contribution in [3.05, 3.63) is 41.7 Å². The number of urea groups is 1. The summed E-state index contributed by atoms with van der Waals surface area (Å²) in [5.41, 5.74) is 1.31. The highest BCUT2D eigenvalue weighted by Gasteiger charge is 2.31. The molecule has 7 nitrogen and oxygen atoms in total. The van der Waals surface area contributed by atoms with Crippen molar-refractivity contribution in [2.75, 3.05) is 12.4 Å². The Hall–Kier alpha value is -2.83. The van der Waals surface area contributed by atoms with Gasteiger partial charge in [0.1, 0.15) is 12.9 Å². The second kappa shape index (κ2) is 8.86. The molecule has 0 bridgehead atoms. The summed E-state index contributed by atoms with van der Waals surface area (Å²) in [5.74, 6) is -0.316. The number of carbonyl (C=O) groups is 2. The van der Waals surface area contributed by atoms with Crippen LogP contribution in [0.2, 0.25) is 0 Å². The number of benzene rings is 1. The van der Waals surface area contributed by atoms with E-state index in [2.05, 4.69) is 15.8 Å². The van der Waals surface area contributed by atoms with Crippen LogP contribution in [0, 0.1) is 0 Å². The molecule has 0 aromatic heterocycles. The largest absolute Gasteiger partial charge is 0.511 e. The van der Waals surface area contributed by atoms with Gasteiger partial charge in [-0.1, -0.05) is 36.7 Å². The molecule has 0 radical (unpaired) electrons. The zero-order valence-electron chi connectivity index (χ0n) is 14.4. The smallest absolute Gasteiger partial charge is 0.319 e. The SMILES string of the molecule is CCCC(=NOC)C1=C(O)CC(NC(=O)Nc2ccccc2)CC1=O.